The maximum atomic E-state index is 4.55. The maximum Gasteiger partial charge on any atom is 0.0590 e. The number of allylic oxidation sites excluding steroid dienone is 1. The van der Waals surface area contributed by atoms with Crippen molar-refractivity contribution in [2.75, 3.05) is 18.4 Å². The molecule has 3 aliphatic heterocycles. The highest BCUT2D eigenvalue weighted by atomic mass is 15.2. The molecule has 2 bridgehead atoms. The number of para-hydroxylation sites is 1. The Hall–Kier alpha value is -1.54. The first kappa shape index (κ1) is 12.0. The van der Waals surface area contributed by atoms with Crippen LogP contribution in [-0.2, 0) is 5.41 Å². The van der Waals surface area contributed by atoms with E-state index in [1.54, 1.807) is 11.1 Å². The molecule has 2 heteroatoms. The number of fused-ring (bicyclic) bond motifs is 2. The number of nitrogens with zero attached hydrogens (tertiary/aromatic N) is 1. The van der Waals surface area contributed by atoms with Crippen LogP contribution >= 0.6 is 0 Å². The monoisotopic (exact) mass is 278 g/mol. The molecule has 0 radical (unpaired) electrons. The van der Waals surface area contributed by atoms with Crippen LogP contribution in [0.25, 0.3) is 0 Å². The molecule has 0 unspecified atom stereocenters. The normalized spacial score (nSPS) is 41.9. The molecular weight excluding hydrogens is 256 g/mol. The Morgan fingerprint density at radius 2 is 2.24 bits per heavy atom. The summed E-state index contributed by atoms with van der Waals surface area (Å²) in [6, 6.07) is 10.1. The Bertz CT molecular complexity index is 674. The molecule has 4 aliphatic rings. The highest BCUT2D eigenvalue weighted by molar-refractivity contribution is 5.67. The van der Waals surface area contributed by atoms with Crippen molar-refractivity contribution in [1.29, 1.82) is 0 Å². The van der Waals surface area contributed by atoms with E-state index in [1.165, 1.54) is 30.6 Å². The molecule has 4 atom stereocenters. The van der Waals surface area contributed by atoms with E-state index in [0.29, 0.717) is 18.0 Å². The van der Waals surface area contributed by atoms with E-state index in [2.05, 4.69) is 54.1 Å². The van der Waals surface area contributed by atoms with Gasteiger partial charge in [-0.05, 0) is 43.5 Å². The summed E-state index contributed by atoms with van der Waals surface area (Å²) in [5.41, 5.74) is 6.19. The van der Waals surface area contributed by atoms with Crippen molar-refractivity contribution < 1.29 is 0 Å². The summed E-state index contributed by atoms with van der Waals surface area (Å²) in [5, 5.41) is 3.82. The zero-order valence-corrected chi connectivity index (χ0v) is 12.6. The van der Waals surface area contributed by atoms with Crippen molar-refractivity contribution in [3.63, 3.8) is 0 Å². The van der Waals surface area contributed by atoms with Crippen LogP contribution in [0.1, 0.15) is 25.3 Å². The molecule has 1 saturated carbocycles. The number of anilines is 1. The van der Waals surface area contributed by atoms with Crippen LogP contribution in [0.3, 0.4) is 0 Å². The lowest BCUT2D eigenvalue weighted by Crippen LogP contribution is -2.58. The van der Waals surface area contributed by atoms with E-state index in [0.717, 1.165) is 6.54 Å². The number of nitrogens with one attached hydrogen (secondary N) is 1. The second-order valence-electron chi connectivity index (χ2n) is 7.13. The SMILES string of the molecule is C=C1[C@H]2C[C@@H]3N(CC[C@@]34c3ccccc3N[C@@H]14)C/C2=C\C. The minimum absolute atomic E-state index is 0.281. The lowest BCUT2D eigenvalue weighted by atomic mass is 9.58. The van der Waals surface area contributed by atoms with Crippen molar-refractivity contribution in [3.05, 3.63) is 53.6 Å². The molecule has 1 N–H and O–H groups in total. The average molecular weight is 278 g/mol. The van der Waals surface area contributed by atoms with E-state index in [4.69, 9.17) is 0 Å². The Morgan fingerprint density at radius 3 is 3.10 bits per heavy atom. The van der Waals surface area contributed by atoms with Crippen LogP contribution in [0, 0.1) is 5.92 Å². The third kappa shape index (κ3) is 1.24. The Balaban J connectivity index is 1.73. The van der Waals surface area contributed by atoms with E-state index >= 15 is 0 Å². The van der Waals surface area contributed by atoms with Gasteiger partial charge in [-0.2, -0.15) is 0 Å². The highest BCUT2D eigenvalue weighted by Gasteiger charge is 2.63. The summed E-state index contributed by atoms with van der Waals surface area (Å²) in [5.74, 6) is 0.592. The zero-order chi connectivity index (χ0) is 14.2. The van der Waals surface area contributed by atoms with Gasteiger partial charge in [0.1, 0.15) is 0 Å². The number of hydrogen-bond acceptors (Lipinski definition) is 2. The lowest BCUT2D eigenvalue weighted by molar-refractivity contribution is 0.133. The minimum Gasteiger partial charge on any atom is -0.377 e. The van der Waals surface area contributed by atoms with Crippen molar-refractivity contribution >= 4 is 5.69 Å². The molecule has 5 rings (SSSR count). The van der Waals surface area contributed by atoms with Crippen LogP contribution in [0.2, 0.25) is 0 Å². The van der Waals surface area contributed by atoms with E-state index in [9.17, 15) is 0 Å². The molecule has 1 aromatic carbocycles. The predicted octanol–water partition coefficient (Wildman–Crippen LogP) is 3.33. The van der Waals surface area contributed by atoms with Gasteiger partial charge in [0.25, 0.3) is 0 Å². The fourth-order valence-corrected chi connectivity index (χ4v) is 5.66. The molecule has 3 fully saturated rings. The second kappa shape index (κ2) is 3.80. The first-order valence-electron chi connectivity index (χ1n) is 8.19. The van der Waals surface area contributed by atoms with Gasteiger partial charge in [0.05, 0.1) is 6.04 Å². The minimum atomic E-state index is 0.281. The van der Waals surface area contributed by atoms with Gasteiger partial charge < -0.3 is 5.32 Å². The quantitative estimate of drug-likeness (QED) is 0.732. The van der Waals surface area contributed by atoms with Crippen molar-refractivity contribution in [2.45, 2.75) is 37.3 Å². The molecule has 3 heterocycles. The van der Waals surface area contributed by atoms with Crippen LogP contribution < -0.4 is 5.32 Å². The molecular formula is C19H22N2. The summed E-state index contributed by atoms with van der Waals surface area (Å²) in [4.78, 5) is 2.73. The molecule has 21 heavy (non-hydrogen) atoms. The predicted molar refractivity (Wildman–Crippen MR) is 86.5 cm³/mol. The van der Waals surface area contributed by atoms with Crippen molar-refractivity contribution in [3.8, 4) is 0 Å². The molecule has 1 aliphatic carbocycles. The fraction of sp³-hybridized carbons (Fsp3) is 0.474. The molecule has 2 saturated heterocycles. The van der Waals surface area contributed by atoms with E-state index in [-0.39, 0.29) is 5.41 Å². The van der Waals surface area contributed by atoms with Crippen molar-refractivity contribution in [1.82, 2.24) is 4.90 Å². The smallest absolute Gasteiger partial charge is 0.0590 e. The van der Waals surface area contributed by atoms with Crippen LogP contribution in [0.4, 0.5) is 5.69 Å². The molecule has 1 spiro atoms. The largest absolute Gasteiger partial charge is 0.377 e. The fourth-order valence-electron chi connectivity index (χ4n) is 5.66. The van der Waals surface area contributed by atoms with Gasteiger partial charge in [-0.15, -0.1) is 0 Å². The first-order chi connectivity index (χ1) is 10.3. The van der Waals surface area contributed by atoms with E-state index in [1.807, 2.05) is 0 Å². The first-order valence-corrected chi connectivity index (χ1v) is 8.19. The third-order valence-corrected chi connectivity index (χ3v) is 6.57. The summed E-state index contributed by atoms with van der Waals surface area (Å²) in [6.07, 6.45) is 4.87. The van der Waals surface area contributed by atoms with Gasteiger partial charge in [-0.3, -0.25) is 4.90 Å². The van der Waals surface area contributed by atoms with Gasteiger partial charge in [-0.1, -0.05) is 36.4 Å². The average Bonchev–Trinajstić information content (AvgIpc) is 3.07. The van der Waals surface area contributed by atoms with Gasteiger partial charge in [0, 0.05) is 29.6 Å². The van der Waals surface area contributed by atoms with Gasteiger partial charge in [0.15, 0.2) is 0 Å². The molecule has 108 valence electrons. The topological polar surface area (TPSA) is 15.3 Å². The summed E-state index contributed by atoms with van der Waals surface area (Å²) >= 11 is 0. The Kier molecular flexibility index (Phi) is 2.18. The lowest BCUT2D eigenvalue weighted by Gasteiger charge is -2.52. The summed E-state index contributed by atoms with van der Waals surface area (Å²) in [6.45, 7) is 9.13. The van der Waals surface area contributed by atoms with Crippen molar-refractivity contribution in [2.24, 2.45) is 5.92 Å². The summed E-state index contributed by atoms with van der Waals surface area (Å²) in [7, 11) is 0. The van der Waals surface area contributed by atoms with Gasteiger partial charge in [-0.25, -0.2) is 0 Å². The molecule has 0 aromatic heterocycles. The van der Waals surface area contributed by atoms with E-state index < -0.39 is 0 Å². The second-order valence-corrected chi connectivity index (χ2v) is 7.13. The Labute approximate surface area is 126 Å². The molecule has 1 aromatic rings. The summed E-state index contributed by atoms with van der Waals surface area (Å²) < 4.78 is 0. The maximum absolute atomic E-state index is 4.55. The van der Waals surface area contributed by atoms with Gasteiger partial charge >= 0.3 is 0 Å². The van der Waals surface area contributed by atoms with Crippen LogP contribution in [0.15, 0.2) is 48.1 Å². The Morgan fingerprint density at radius 1 is 1.38 bits per heavy atom. The number of piperidine rings is 1. The highest BCUT2D eigenvalue weighted by Crippen LogP contribution is 2.60. The van der Waals surface area contributed by atoms with Crippen LogP contribution in [0.5, 0.6) is 0 Å². The zero-order valence-electron chi connectivity index (χ0n) is 12.6. The third-order valence-electron chi connectivity index (χ3n) is 6.57. The number of hydrogen-bond donors (Lipinski definition) is 1. The standard InChI is InChI=1S/C19H22N2/c1-3-13-11-21-9-8-19-15-6-4-5-7-16(15)20-18(19)12(2)14(13)10-17(19)21/h3-7,14,17-18,20H,2,8-11H2,1H3/b13-3+/t14-,17+,18+,19-/m1/s1. The number of rotatable bonds is 0. The molecule has 2 nitrogen and oxygen atoms in total. The van der Waals surface area contributed by atoms with Gasteiger partial charge in [0.2, 0.25) is 0 Å². The number of benzene rings is 1. The molecule has 0 amide bonds. The van der Waals surface area contributed by atoms with Crippen LogP contribution in [-0.4, -0.2) is 30.1 Å².